The Morgan fingerprint density at radius 2 is 2.58 bits per heavy atom. The highest BCUT2D eigenvalue weighted by Gasteiger charge is 2.15. The Balaban J connectivity index is 2.96. The number of carbonyl (C=O) groups is 1. The van der Waals surface area contributed by atoms with E-state index < -0.39 is 5.97 Å². The molecule has 0 aliphatic rings. The molecular weight excluding hydrogens is 182 g/mol. The number of aliphatic carboxylic acids is 1. The second kappa shape index (κ2) is 3.77. The molecule has 64 valence electrons. The van der Waals surface area contributed by atoms with Crippen molar-refractivity contribution in [3.63, 3.8) is 0 Å². The molecule has 0 saturated heterocycles. The van der Waals surface area contributed by atoms with Crippen LogP contribution in [0.1, 0.15) is 5.69 Å². The van der Waals surface area contributed by atoms with E-state index in [-0.39, 0.29) is 11.4 Å². The zero-order valence-corrected chi connectivity index (χ0v) is 6.91. The maximum Gasteiger partial charge on any atom is 0.360 e. The molecule has 0 bridgehead atoms. The first-order valence-corrected chi connectivity index (χ1v) is 3.61. The Bertz CT molecular complexity index is 295. The highest BCUT2D eigenvalue weighted by Crippen LogP contribution is 1.98. The van der Waals surface area contributed by atoms with Gasteiger partial charge >= 0.3 is 5.97 Å². The molecule has 1 aromatic heterocycles. The molecule has 0 unspecified atom stereocenters. The van der Waals surface area contributed by atoms with Crippen LogP contribution < -0.4 is 0 Å². The van der Waals surface area contributed by atoms with Crippen LogP contribution in [0.2, 0.25) is 0 Å². The van der Waals surface area contributed by atoms with Crippen LogP contribution in [-0.2, 0) is 9.63 Å². The Kier molecular flexibility index (Phi) is 2.70. The van der Waals surface area contributed by atoms with Crippen LogP contribution in [0.3, 0.4) is 0 Å². The number of nitrogens with zero attached hydrogens (tertiary/aromatic N) is 3. The van der Waals surface area contributed by atoms with E-state index in [0.29, 0.717) is 0 Å². The third-order valence-electron chi connectivity index (χ3n) is 0.989. The molecule has 1 heterocycles. The van der Waals surface area contributed by atoms with Gasteiger partial charge in [-0.15, -0.1) is 0 Å². The molecule has 1 aromatic rings. The van der Waals surface area contributed by atoms with Crippen LogP contribution in [0.15, 0.2) is 11.4 Å². The number of oxime groups is 1. The zero-order valence-electron chi connectivity index (χ0n) is 6.09. The van der Waals surface area contributed by atoms with Crippen LogP contribution in [0.5, 0.6) is 0 Å². The molecule has 0 atom stereocenters. The van der Waals surface area contributed by atoms with Gasteiger partial charge in [0.15, 0.2) is 0 Å². The second-order valence-corrected chi connectivity index (χ2v) is 2.28. The molecule has 12 heavy (non-hydrogen) atoms. The number of aromatic nitrogens is 2. The molecule has 0 spiro atoms. The fraction of sp³-hybridized carbons (Fsp3) is 0.200. The van der Waals surface area contributed by atoms with Crippen LogP contribution in [0, 0.1) is 0 Å². The molecule has 1 N–H and O–H groups in total. The topological polar surface area (TPSA) is 84.7 Å². The van der Waals surface area contributed by atoms with Crippen molar-refractivity contribution in [1.82, 2.24) is 8.75 Å². The highest BCUT2D eigenvalue weighted by molar-refractivity contribution is 6.99. The third kappa shape index (κ3) is 1.76. The van der Waals surface area contributed by atoms with Gasteiger partial charge in [0.25, 0.3) is 0 Å². The predicted molar refractivity (Wildman–Crippen MR) is 41.1 cm³/mol. The highest BCUT2D eigenvalue weighted by atomic mass is 32.1. The maximum atomic E-state index is 10.5. The molecule has 6 nitrogen and oxygen atoms in total. The van der Waals surface area contributed by atoms with Crippen molar-refractivity contribution in [3.05, 3.63) is 11.9 Å². The minimum absolute atomic E-state index is 0.203. The molecule has 0 saturated carbocycles. The van der Waals surface area contributed by atoms with Crippen molar-refractivity contribution in [2.75, 3.05) is 7.11 Å². The minimum atomic E-state index is -1.19. The fourth-order valence-electron chi connectivity index (χ4n) is 0.556. The molecule has 0 fully saturated rings. The molecule has 0 radical (unpaired) electrons. The van der Waals surface area contributed by atoms with Gasteiger partial charge in [0.1, 0.15) is 12.8 Å². The summed E-state index contributed by atoms with van der Waals surface area (Å²) in [5.74, 6) is -1.19. The molecule has 7 heteroatoms. The van der Waals surface area contributed by atoms with Crippen molar-refractivity contribution in [1.29, 1.82) is 0 Å². The van der Waals surface area contributed by atoms with E-state index in [9.17, 15) is 4.79 Å². The van der Waals surface area contributed by atoms with Crippen molar-refractivity contribution in [2.24, 2.45) is 5.16 Å². The third-order valence-corrected chi connectivity index (χ3v) is 1.47. The van der Waals surface area contributed by atoms with Crippen molar-refractivity contribution < 1.29 is 14.7 Å². The summed E-state index contributed by atoms with van der Waals surface area (Å²) in [7, 11) is 1.27. The summed E-state index contributed by atoms with van der Waals surface area (Å²) in [4.78, 5) is 14.8. The van der Waals surface area contributed by atoms with E-state index in [1.54, 1.807) is 0 Å². The lowest BCUT2D eigenvalue weighted by atomic mass is 10.3. The van der Waals surface area contributed by atoms with Crippen molar-refractivity contribution in [2.45, 2.75) is 0 Å². The summed E-state index contributed by atoms with van der Waals surface area (Å²) in [5.41, 5.74) is -0.0411. The van der Waals surface area contributed by atoms with Crippen molar-refractivity contribution >= 4 is 23.4 Å². The quantitative estimate of drug-likeness (QED) is 0.530. The predicted octanol–water partition coefficient (Wildman–Crippen LogP) is -0.0268. The normalized spacial score (nSPS) is 11.2. The van der Waals surface area contributed by atoms with Gasteiger partial charge in [0.05, 0.1) is 17.9 Å². The molecule has 0 aromatic carbocycles. The Labute approximate surface area is 71.8 Å². The lowest BCUT2D eigenvalue weighted by Crippen LogP contribution is -2.15. The first-order valence-electron chi connectivity index (χ1n) is 2.88. The lowest BCUT2D eigenvalue weighted by molar-refractivity contribution is -0.129. The van der Waals surface area contributed by atoms with Gasteiger partial charge in [0, 0.05) is 0 Å². The van der Waals surface area contributed by atoms with Gasteiger partial charge in [-0.1, -0.05) is 5.16 Å². The molecule has 0 aliphatic heterocycles. The minimum Gasteiger partial charge on any atom is -0.476 e. The average Bonchev–Trinajstić information content (AvgIpc) is 2.51. The Hall–Kier alpha value is -1.50. The van der Waals surface area contributed by atoms with Gasteiger partial charge in [-0.3, -0.25) is 0 Å². The van der Waals surface area contributed by atoms with E-state index in [4.69, 9.17) is 5.11 Å². The molecule has 0 aliphatic carbocycles. The van der Waals surface area contributed by atoms with Gasteiger partial charge in [-0.25, -0.2) is 4.79 Å². The summed E-state index contributed by atoms with van der Waals surface area (Å²) in [6.07, 6.45) is 1.32. The van der Waals surface area contributed by atoms with Crippen LogP contribution in [0.4, 0.5) is 0 Å². The van der Waals surface area contributed by atoms with Crippen LogP contribution in [-0.4, -0.2) is 32.6 Å². The molecule has 0 amide bonds. The summed E-state index contributed by atoms with van der Waals surface area (Å²) < 4.78 is 7.33. The second-order valence-electron chi connectivity index (χ2n) is 1.72. The fourth-order valence-corrected chi connectivity index (χ4v) is 0.971. The smallest absolute Gasteiger partial charge is 0.360 e. The number of hydrogen-bond acceptors (Lipinski definition) is 6. The lowest BCUT2D eigenvalue weighted by Gasteiger charge is -1.93. The number of hydrogen-bond donors (Lipinski definition) is 1. The summed E-state index contributed by atoms with van der Waals surface area (Å²) >= 11 is 0.911. The van der Waals surface area contributed by atoms with Crippen molar-refractivity contribution in [3.8, 4) is 0 Å². The van der Waals surface area contributed by atoms with Gasteiger partial charge in [-0.05, 0) is 0 Å². The molecular formula is C5H5N3O3S. The van der Waals surface area contributed by atoms with E-state index in [1.807, 2.05) is 0 Å². The van der Waals surface area contributed by atoms with E-state index in [2.05, 4.69) is 18.7 Å². The summed E-state index contributed by atoms with van der Waals surface area (Å²) in [5, 5.41) is 11.9. The summed E-state index contributed by atoms with van der Waals surface area (Å²) in [6.45, 7) is 0. The van der Waals surface area contributed by atoms with Crippen LogP contribution in [0.25, 0.3) is 0 Å². The number of carboxylic acids is 1. The van der Waals surface area contributed by atoms with Gasteiger partial charge in [0.2, 0.25) is 5.71 Å². The maximum absolute atomic E-state index is 10.5. The Morgan fingerprint density at radius 1 is 1.83 bits per heavy atom. The zero-order chi connectivity index (χ0) is 8.97. The number of rotatable bonds is 3. The monoisotopic (exact) mass is 187 g/mol. The average molecular weight is 187 g/mol. The first-order chi connectivity index (χ1) is 5.75. The van der Waals surface area contributed by atoms with Crippen LogP contribution >= 0.6 is 11.7 Å². The number of carboxylic acid groups (broad SMARTS) is 1. The van der Waals surface area contributed by atoms with E-state index in [1.165, 1.54) is 13.3 Å². The molecule has 1 rings (SSSR count). The van der Waals surface area contributed by atoms with Gasteiger partial charge in [-0.2, -0.15) is 8.75 Å². The van der Waals surface area contributed by atoms with E-state index >= 15 is 0 Å². The first kappa shape index (κ1) is 8.60. The SMILES string of the molecule is CON=C(C(=O)O)c1cnsn1. The van der Waals surface area contributed by atoms with Gasteiger partial charge < -0.3 is 9.94 Å². The van der Waals surface area contributed by atoms with E-state index in [0.717, 1.165) is 11.7 Å². The summed E-state index contributed by atoms with van der Waals surface area (Å²) in [6, 6.07) is 0. The Morgan fingerprint density at radius 3 is 3.00 bits per heavy atom. The largest absolute Gasteiger partial charge is 0.476 e. The standard InChI is InChI=1S/C5H5N3O3S/c1-11-7-4(5(9)10)3-2-6-12-8-3/h2H,1H3,(H,9,10).